The van der Waals surface area contributed by atoms with Gasteiger partial charge in [0.25, 0.3) is 0 Å². The summed E-state index contributed by atoms with van der Waals surface area (Å²) in [6.45, 7) is 7.07. The molecule has 0 bridgehead atoms. The molecule has 0 aliphatic carbocycles. The summed E-state index contributed by atoms with van der Waals surface area (Å²) in [7, 11) is 2.24. The van der Waals surface area contributed by atoms with E-state index in [1.54, 1.807) is 6.20 Å². The van der Waals surface area contributed by atoms with Gasteiger partial charge in [-0.25, -0.2) is 0 Å². The minimum absolute atomic E-state index is 0. The lowest BCUT2D eigenvalue weighted by Crippen LogP contribution is -2.47. The molecule has 0 radical (unpaired) electrons. The quantitative estimate of drug-likeness (QED) is 0.363. The first-order valence-electron chi connectivity index (χ1n) is 13.2. The number of pyridine rings is 1. The second-order valence-electron chi connectivity index (χ2n) is 10.2. The van der Waals surface area contributed by atoms with E-state index >= 15 is 0 Å². The van der Waals surface area contributed by atoms with Gasteiger partial charge in [-0.1, -0.05) is 54.4 Å². The molecule has 2 saturated heterocycles. The molecule has 2 fully saturated rings. The Kier molecular flexibility index (Phi) is 11.4. The van der Waals surface area contributed by atoms with Crippen LogP contribution in [0.3, 0.4) is 0 Å². The predicted molar refractivity (Wildman–Crippen MR) is 155 cm³/mol. The molecule has 0 saturated carbocycles. The van der Waals surface area contributed by atoms with Crippen LogP contribution in [0.1, 0.15) is 54.1 Å². The number of nitrogens with zero attached hydrogens (tertiary/aromatic N) is 3. The van der Waals surface area contributed by atoms with Crippen LogP contribution in [0.15, 0.2) is 48.7 Å². The Bertz CT molecular complexity index is 1160. The molecule has 0 atom stereocenters. The molecule has 1 aromatic heterocycles. The van der Waals surface area contributed by atoms with Gasteiger partial charge in [-0.05, 0) is 107 Å². The molecule has 200 valence electrons. The van der Waals surface area contributed by atoms with Gasteiger partial charge in [0.2, 0.25) is 0 Å². The molecule has 0 spiro atoms. The highest BCUT2D eigenvalue weighted by molar-refractivity contribution is 6.42. The van der Waals surface area contributed by atoms with Crippen LogP contribution in [0.25, 0.3) is 10.9 Å². The van der Waals surface area contributed by atoms with Crippen molar-refractivity contribution in [2.75, 3.05) is 33.2 Å². The first-order valence-corrected chi connectivity index (χ1v) is 13.9. The number of para-hydroxylation sites is 1. The maximum atomic E-state index is 11.0. The van der Waals surface area contributed by atoms with E-state index in [0.29, 0.717) is 10.0 Å². The fraction of sp³-hybridized carbons (Fsp3) is 0.467. The zero-order valence-electron chi connectivity index (χ0n) is 21.9. The third kappa shape index (κ3) is 7.75. The summed E-state index contributed by atoms with van der Waals surface area (Å²) in [6.07, 6.45) is 9.99. The molecule has 3 aromatic rings. The summed E-state index contributed by atoms with van der Waals surface area (Å²) in [5, 5.41) is 2.28. The van der Waals surface area contributed by atoms with E-state index in [1.165, 1.54) is 57.4 Å². The molecule has 2 aliphatic rings. The monoisotopic (exact) mass is 543 g/mol. The Morgan fingerprint density at radius 1 is 0.973 bits per heavy atom. The van der Waals surface area contributed by atoms with E-state index in [2.05, 4.69) is 27.9 Å². The number of piperidine rings is 2. The topological polar surface area (TPSA) is 67.9 Å². The fourth-order valence-corrected chi connectivity index (χ4v) is 5.83. The lowest BCUT2D eigenvalue weighted by Gasteiger charge is -2.41. The summed E-state index contributed by atoms with van der Waals surface area (Å²) in [4.78, 5) is 20.5. The van der Waals surface area contributed by atoms with Crippen LogP contribution in [0.4, 0.5) is 0 Å². The third-order valence-electron chi connectivity index (χ3n) is 7.76. The van der Waals surface area contributed by atoms with Crippen molar-refractivity contribution in [2.24, 2.45) is 5.92 Å². The number of halogens is 2. The van der Waals surface area contributed by atoms with Crippen molar-refractivity contribution in [2.45, 2.75) is 51.5 Å². The molecule has 2 N–H and O–H groups in total. The number of hydrogen-bond acceptors (Lipinski definition) is 4. The van der Waals surface area contributed by atoms with Crippen molar-refractivity contribution in [1.29, 1.82) is 0 Å². The molecule has 7 heteroatoms. The number of rotatable bonds is 5. The highest BCUT2D eigenvalue weighted by Crippen LogP contribution is 2.28. The average Bonchev–Trinajstić information content (AvgIpc) is 2.91. The number of carbonyl (C=O) groups is 1. The Balaban J connectivity index is 0.000000220. The van der Waals surface area contributed by atoms with Crippen molar-refractivity contribution >= 4 is 40.4 Å². The van der Waals surface area contributed by atoms with Crippen molar-refractivity contribution < 1.29 is 10.3 Å². The lowest BCUT2D eigenvalue weighted by molar-refractivity contribution is 0.0855. The number of hydrogen-bond donors (Lipinski definition) is 0. The van der Waals surface area contributed by atoms with E-state index in [0.717, 1.165) is 53.1 Å². The SMILES string of the molecule is CCc1cnc2ccccc2c1C=O.CN1CCC(N2CCC(Cc3ccc(Cl)c(Cl)c3)CC2)CC1.O. The van der Waals surface area contributed by atoms with Crippen LogP contribution in [0.2, 0.25) is 10.0 Å². The largest absolute Gasteiger partial charge is 0.412 e. The fourth-order valence-electron chi connectivity index (χ4n) is 5.51. The normalized spacial score (nSPS) is 17.6. The van der Waals surface area contributed by atoms with Crippen LogP contribution in [0.5, 0.6) is 0 Å². The molecular weight excluding hydrogens is 505 g/mol. The number of fused-ring (bicyclic) bond motifs is 1. The van der Waals surface area contributed by atoms with Gasteiger partial charge in [0.05, 0.1) is 15.6 Å². The number of likely N-dealkylation sites (tertiary alicyclic amines) is 2. The molecule has 3 heterocycles. The standard InChI is InChI=1S/C18H26Cl2N2.C12H11NO.H2O/c1-21-8-6-16(7-9-21)22-10-4-14(5-11-22)12-15-2-3-17(19)18(20)13-15;1-2-9-7-13-12-6-4-3-5-10(12)11(9)8-14;/h2-3,13-14,16H,4-12H2,1H3;3-8H,2H2,1H3;1H2. The number of aromatic nitrogens is 1. The van der Waals surface area contributed by atoms with Crippen molar-refractivity contribution in [1.82, 2.24) is 14.8 Å². The van der Waals surface area contributed by atoms with Crippen LogP contribution in [-0.2, 0) is 12.8 Å². The summed E-state index contributed by atoms with van der Waals surface area (Å²) in [5.41, 5.74) is 4.00. The smallest absolute Gasteiger partial charge is 0.151 e. The van der Waals surface area contributed by atoms with Crippen molar-refractivity contribution in [3.8, 4) is 0 Å². The van der Waals surface area contributed by atoms with E-state index in [1.807, 2.05) is 43.3 Å². The zero-order chi connectivity index (χ0) is 25.5. The molecule has 0 amide bonds. The van der Waals surface area contributed by atoms with Gasteiger partial charge in [0, 0.05) is 23.2 Å². The number of carbonyl (C=O) groups excluding carboxylic acids is 1. The van der Waals surface area contributed by atoms with Gasteiger partial charge >= 0.3 is 0 Å². The summed E-state index contributed by atoms with van der Waals surface area (Å²) >= 11 is 12.1. The van der Waals surface area contributed by atoms with E-state index in [9.17, 15) is 4.79 Å². The first kappa shape index (κ1) is 29.5. The van der Waals surface area contributed by atoms with Gasteiger partial charge in [0.15, 0.2) is 6.29 Å². The molecule has 2 aromatic carbocycles. The molecule has 37 heavy (non-hydrogen) atoms. The summed E-state index contributed by atoms with van der Waals surface area (Å²) < 4.78 is 0. The van der Waals surface area contributed by atoms with Crippen molar-refractivity contribution in [3.05, 3.63) is 75.4 Å². The zero-order valence-corrected chi connectivity index (χ0v) is 23.4. The molecule has 5 rings (SSSR count). The number of benzene rings is 2. The average molecular weight is 545 g/mol. The molecule has 0 unspecified atom stereocenters. The minimum atomic E-state index is 0. The lowest BCUT2D eigenvalue weighted by atomic mass is 9.88. The minimum Gasteiger partial charge on any atom is -0.412 e. The van der Waals surface area contributed by atoms with Crippen LogP contribution in [0, 0.1) is 5.92 Å². The van der Waals surface area contributed by atoms with Crippen molar-refractivity contribution in [3.63, 3.8) is 0 Å². The third-order valence-corrected chi connectivity index (χ3v) is 8.50. The van der Waals surface area contributed by atoms with Gasteiger partial charge in [-0.3, -0.25) is 9.78 Å². The van der Waals surface area contributed by atoms with Gasteiger partial charge in [-0.2, -0.15) is 0 Å². The second-order valence-corrected chi connectivity index (χ2v) is 11.0. The maximum absolute atomic E-state index is 11.0. The highest BCUT2D eigenvalue weighted by Gasteiger charge is 2.27. The van der Waals surface area contributed by atoms with Crippen LogP contribution < -0.4 is 0 Å². The second kappa shape index (κ2) is 14.2. The Morgan fingerprint density at radius 2 is 1.68 bits per heavy atom. The Hall–Kier alpha value is -2.02. The van der Waals surface area contributed by atoms with Gasteiger partial charge < -0.3 is 15.3 Å². The summed E-state index contributed by atoms with van der Waals surface area (Å²) in [6, 6.07) is 14.6. The molecular formula is C30H39Cl2N3O2. The first-order chi connectivity index (χ1) is 17.5. The van der Waals surface area contributed by atoms with E-state index < -0.39 is 0 Å². The highest BCUT2D eigenvalue weighted by atomic mass is 35.5. The number of aryl methyl sites for hydroxylation is 1. The van der Waals surface area contributed by atoms with Crippen LogP contribution in [-0.4, -0.2) is 65.8 Å². The molecule has 2 aliphatic heterocycles. The van der Waals surface area contributed by atoms with Gasteiger partial charge in [0.1, 0.15) is 0 Å². The maximum Gasteiger partial charge on any atom is 0.151 e. The van der Waals surface area contributed by atoms with Crippen LogP contribution >= 0.6 is 23.2 Å². The Morgan fingerprint density at radius 3 is 2.32 bits per heavy atom. The van der Waals surface area contributed by atoms with E-state index in [-0.39, 0.29) is 5.48 Å². The summed E-state index contributed by atoms with van der Waals surface area (Å²) in [5.74, 6) is 0.791. The van der Waals surface area contributed by atoms with E-state index in [4.69, 9.17) is 23.2 Å². The molecule has 5 nitrogen and oxygen atoms in total. The van der Waals surface area contributed by atoms with Gasteiger partial charge in [-0.15, -0.1) is 0 Å². The Labute approximate surface area is 231 Å². The predicted octanol–water partition coefficient (Wildman–Crippen LogP) is 6.13. The number of aldehydes is 1.